The fourth-order valence-electron chi connectivity index (χ4n) is 3.60. The molecule has 0 radical (unpaired) electrons. The molecule has 0 atom stereocenters. The zero-order valence-corrected chi connectivity index (χ0v) is 20.5. The van der Waals surface area contributed by atoms with Gasteiger partial charge in [0.2, 0.25) is 5.91 Å². The van der Waals surface area contributed by atoms with E-state index in [1.807, 2.05) is 55.6 Å². The van der Waals surface area contributed by atoms with E-state index >= 15 is 0 Å². The predicted molar refractivity (Wildman–Crippen MR) is 133 cm³/mol. The molecular weight excluding hydrogens is 451 g/mol. The number of hydrogen-bond donors (Lipinski definition) is 0. The number of halogens is 1. The maximum absolute atomic E-state index is 14.4. The first-order valence-corrected chi connectivity index (χ1v) is 12.3. The Hall–Kier alpha value is -3.03. The van der Waals surface area contributed by atoms with Crippen molar-refractivity contribution in [2.24, 2.45) is 0 Å². The standard InChI is InChI=1S/C27H31FN2O3S/c1-3-33-16-9-15-29(27(32)23-12-7-8-13-24(23)28)20-26(31)30(18-22-10-5-4-6-11-22)19-25-21(2)14-17-34-25/h4-8,10-14,17H,3,9,15-16,18-20H2,1-2H3. The van der Waals surface area contributed by atoms with Crippen LogP contribution in [0.2, 0.25) is 0 Å². The molecule has 0 aliphatic rings. The summed E-state index contributed by atoms with van der Waals surface area (Å²) in [4.78, 5) is 31.0. The maximum Gasteiger partial charge on any atom is 0.257 e. The third kappa shape index (κ3) is 7.23. The minimum atomic E-state index is -0.592. The highest BCUT2D eigenvalue weighted by atomic mass is 32.1. The van der Waals surface area contributed by atoms with E-state index in [0.717, 1.165) is 16.0 Å². The lowest BCUT2D eigenvalue weighted by Gasteiger charge is -2.28. The Balaban J connectivity index is 1.81. The minimum absolute atomic E-state index is 0.0320. The molecule has 34 heavy (non-hydrogen) atoms. The first kappa shape index (κ1) is 25.6. The molecule has 0 saturated heterocycles. The van der Waals surface area contributed by atoms with E-state index < -0.39 is 11.7 Å². The minimum Gasteiger partial charge on any atom is -0.382 e. The Morgan fingerprint density at radius 3 is 2.38 bits per heavy atom. The molecule has 1 heterocycles. The molecule has 0 N–H and O–H groups in total. The van der Waals surface area contributed by atoms with Gasteiger partial charge in [0.15, 0.2) is 0 Å². The average Bonchev–Trinajstić information content (AvgIpc) is 3.25. The average molecular weight is 483 g/mol. The van der Waals surface area contributed by atoms with Crippen LogP contribution < -0.4 is 0 Å². The van der Waals surface area contributed by atoms with Gasteiger partial charge in [0.1, 0.15) is 12.4 Å². The molecule has 0 aliphatic carbocycles. The monoisotopic (exact) mass is 482 g/mol. The summed E-state index contributed by atoms with van der Waals surface area (Å²) in [5, 5.41) is 2.01. The SMILES string of the molecule is CCOCCCN(CC(=O)N(Cc1ccccc1)Cc1sccc1C)C(=O)c1ccccc1F. The third-order valence-corrected chi connectivity index (χ3v) is 6.52. The number of hydrogen-bond acceptors (Lipinski definition) is 4. The first-order chi connectivity index (χ1) is 16.5. The van der Waals surface area contributed by atoms with Crippen molar-refractivity contribution >= 4 is 23.2 Å². The molecule has 0 aliphatic heterocycles. The third-order valence-electron chi connectivity index (χ3n) is 5.51. The van der Waals surface area contributed by atoms with E-state index in [1.165, 1.54) is 17.0 Å². The van der Waals surface area contributed by atoms with Crippen molar-refractivity contribution in [3.63, 3.8) is 0 Å². The van der Waals surface area contributed by atoms with Crippen molar-refractivity contribution in [2.75, 3.05) is 26.3 Å². The smallest absolute Gasteiger partial charge is 0.257 e. The lowest BCUT2D eigenvalue weighted by Crippen LogP contribution is -2.43. The molecule has 0 unspecified atom stereocenters. The molecule has 3 rings (SSSR count). The largest absolute Gasteiger partial charge is 0.382 e. The molecule has 0 spiro atoms. The Bertz CT molecular complexity index is 1070. The molecule has 5 nitrogen and oxygen atoms in total. The van der Waals surface area contributed by atoms with Crippen LogP contribution in [0.3, 0.4) is 0 Å². The van der Waals surface area contributed by atoms with Gasteiger partial charge in [0.05, 0.1) is 12.1 Å². The fraction of sp³-hybridized carbons (Fsp3) is 0.333. The number of amides is 2. The Labute approximate surface area is 204 Å². The zero-order valence-electron chi connectivity index (χ0n) is 19.7. The van der Waals surface area contributed by atoms with Gasteiger partial charge in [0, 0.05) is 31.2 Å². The zero-order chi connectivity index (χ0) is 24.3. The number of thiophene rings is 1. The van der Waals surface area contributed by atoms with Crippen molar-refractivity contribution in [3.8, 4) is 0 Å². The van der Waals surface area contributed by atoms with Crippen molar-refractivity contribution in [1.29, 1.82) is 0 Å². The van der Waals surface area contributed by atoms with Crippen molar-refractivity contribution in [1.82, 2.24) is 9.80 Å². The van der Waals surface area contributed by atoms with Crippen molar-refractivity contribution in [2.45, 2.75) is 33.4 Å². The molecule has 7 heteroatoms. The van der Waals surface area contributed by atoms with Gasteiger partial charge in [-0.05, 0) is 55.0 Å². The van der Waals surface area contributed by atoms with Crippen LogP contribution in [-0.2, 0) is 22.6 Å². The van der Waals surface area contributed by atoms with Crippen LogP contribution in [0, 0.1) is 12.7 Å². The van der Waals surface area contributed by atoms with Crippen LogP contribution >= 0.6 is 11.3 Å². The van der Waals surface area contributed by atoms with Crippen molar-refractivity contribution < 1.29 is 18.7 Å². The second-order valence-electron chi connectivity index (χ2n) is 8.02. The van der Waals surface area contributed by atoms with E-state index in [4.69, 9.17) is 4.74 Å². The summed E-state index contributed by atoms with van der Waals surface area (Å²) >= 11 is 1.61. The van der Waals surface area contributed by atoms with Gasteiger partial charge in [0.25, 0.3) is 5.91 Å². The summed E-state index contributed by atoms with van der Waals surface area (Å²) in [6, 6.07) is 17.7. The van der Waals surface area contributed by atoms with Gasteiger partial charge < -0.3 is 14.5 Å². The van der Waals surface area contributed by atoms with Crippen LogP contribution in [0.15, 0.2) is 66.0 Å². The summed E-state index contributed by atoms with van der Waals surface area (Å²) in [7, 11) is 0. The quantitative estimate of drug-likeness (QED) is 0.330. The summed E-state index contributed by atoms with van der Waals surface area (Å²) < 4.78 is 19.8. The second-order valence-corrected chi connectivity index (χ2v) is 9.02. The van der Waals surface area contributed by atoms with Crippen LogP contribution in [0.4, 0.5) is 4.39 Å². The van der Waals surface area contributed by atoms with Gasteiger partial charge in [-0.1, -0.05) is 42.5 Å². The summed E-state index contributed by atoms with van der Waals surface area (Å²) in [5.74, 6) is -1.27. The van der Waals surface area contributed by atoms with Crippen LogP contribution in [-0.4, -0.2) is 47.9 Å². The number of aryl methyl sites for hydroxylation is 1. The first-order valence-electron chi connectivity index (χ1n) is 11.5. The highest BCUT2D eigenvalue weighted by Gasteiger charge is 2.24. The molecular formula is C27H31FN2O3S. The van der Waals surface area contributed by atoms with E-state index in [0.29, 0.717) is 39.3 Å². The topological polar surface area (TPSA) is 49.9 Å². The number of carbonyl (C=O) groups excluding carboxylic acids is 2. The molecule has 180 valence electrons. The van der Waals surface area contributed by atoms with Crippen LogP contribution in [0.25, 0.3) is 0 Å². The molecule has 2 amide bonds. The van der Waals surface area contributed by atoms with Crippen molar-refractivity contribution in [3.05, 3.63) is 93.4 Å². The summed E-state index contributed by atoms with van der Waals surface area (Å²) in [5.41, 5.74) is 2.11. The lowest BCUT2D eigenvalue weighted by molar-refractivity contribution is -0.133. The van der Waals surface area contributed by atoms with E-state index in [-0.39, 0.29) is 18.0 Å². The fourth-order valence-corrected chi connectivity index (χ4v) is 4.52. The summed E-state index contributed by atoms with van der Waals surface area (Å²) in [6.07, 6.45) is 0.560. The highest BCUT2D eigenvalue weighted by molar-refractivity contribution is 7.10. The molecule has 0 fully saturated rings. The van der Waals surface area contributed by atoms with Gasteiger partial charge in [-0.3, -0.25) is 9.59 Å². The number of ether oxygens (including phenoxy) is 1. The van der Waals surface area contributed by atoms with E-state index in [1.54, 1.807) is 28.4 Å². The number of rotatable bonds is 12. The summed E-state index contributed by atoms with van der Waals surface area (Å²) in [6.45, 7) is 6.03. The Morgan fingerprint density at radius 1 is 0.971 bits per heavy atom. The maximum atomic E-state index is 14.4. The van der Waals surface area contributed by atoms with Crippen LogP contribution in [0.1, 0.15) is 39.7 Å². The van der Waals surface area contributed by atoms with Crippen LogP contribution in [0.5, 0.6) is 0 Å². The van der Waals surface area contributed by atoms with E-state index in [2.05, 4.69) is 0 Å². The Morgan fingerprint density at radius 2 is 1.71 bits per heavy atom. The van der Waals surface area contributed by atoms with Gasteiger partial charge >= 0.3 is 0 Å². The lowest BCUT2D eigenvalue weighted by atomic mass is 10.1. The van der Waals surface area contributed by atoms with Gasteiger partial charge in [-0.2, -0.15) is 0 Å². The Kier molecular flexibility index (Phi) is 9.79. The molecule has 1 aromatic heterocycles. The van der Waals surface area contributed by atoms with E-state index in [9.17, 15) is 14.0 Å². The molecule has 2 aromatic carbocycles. The molecule has 3 aromatic rings. The predicted octanol–water partition coefficient (Wildman–Crippen LogP) is 5.29. The molecule has 0 saturated carbocycles. The van der Waals surface area contributed by atoms with Gasteiger partial charge in [-0.15, -0.1) is 11.3 Å². The number of nitrogens with zero attached hydrogens (tertiary/aromatic N) is 2. The molecule has 0 bridgehead atoms. The normalized spacial score (nSPS) is 10.8. The van der Waals surface area contributed by atoms with Gasteiger partial charge in [-0.25, -0.2) is 4.39 Å². The highest BCUT2D eigenvalue weighted by Crippen LogP contribution is 2.20. The number of carbonyl (C=O) groups is 2. The number of benzene rings is 2. The second kappa shape index (κ2) is 13.0.